The van der Waals surface area contributed by atoms with Gasteiger partial charge in [0.25, 0.3) is 5.91 Å². The first kappa shape index (κ1) is 15.6. The van der Waals surface area contributed by atoms with Gasteiger partial charge in [0.05, 0.1) is 7.11 Å². The molecule has 2 N–H and O–H groups in total. The normalized spacial score (nSPS) is 20.3. The largest absolute Gasteiger partial charge is 0.497 e. The zero-order valence-corrected chi connectivity index (χ0v) is 13.0. The number of Topliss-reactive ketones (excluding diaryl/α,β-unsaturated/α-hetero) is 1. The molecule has 6 heteroatoms. The van der Waals surface area contributed by atoms with Gasteiger partial charge >= 0.3 is 0 Å². The molecule has 2 heterocycles. The Morgan fingerprint density at radius 2 is 1.79 bits per heavy atom. The summed E-state index contributed by atoms with van der Waals surface area (Å²) in [5, 5.41) is 10.0. The molecule has 2 aromatic rings. The zero-order chi connectivity index (χ0) is 17.1. The average Bonchev–Trinajstić information content (AvgIpc) is 2.62. The molecule has 1 aliphatic heterocycles. The van der Waals surface area contributed by atoms with Gasteiger partial charge in [-0.1, -0.05) is 18.2 Å². The molecule has 0 radical (unpaired) electrons. The minimum absolute atomic E-state index is 0.263. The lowest BCUT2D eigenvalue weighted by Gasteiger charge is -2.28. The van der Waals surface area contributed by atoms with Gasteiger partial charge in [0.1, 0.15) is 11.8 Å². The minimum atomic E-state index is -0.676. The van der Waals surface area contributed by atoms with Crippen molar-refractivity contribution < 1.29 is 18.9 Å². The first-order chi connectivity index (χ1) is 11.7. The van der Waals surface area contributed by atoms with Crippen LogP contribution in [-0.4, -0.2) is 24.7 Å². The average molecular weight is 322 g/mol. The van der Waals surface area contributed by atoms with Gasteiger partial charge in [0.15, 0.2) is 18.0 Å². The highest BCUT2D eigenvalue weighted by molar-refractivity contribution is 6.27. The molecule has 0 spiro atoms. The zero-order valence-electron chi connectivity index (χ0n) is 13.0. The van der Waals surface area contributed by atoms with Gasteiger partial charge in [0, 0.05) is 12.1 Å². The Bertz CT molecular complexity index is 824. The lowest BCUT2D eigenvalue weighted by Crippen LogP contribution is -2.56. The molecule has 3 rings (SSSR count). The molecular weight excluding hydrogens is 306 g/mol. The van der Waals surface area contributed by atoms with E-state index in [0.29, 0.717) is 5.75 Å². The molecule has 0 bridgehead atoms. The number of amides is 1. The van der Waals surface area contributed by atoms with Crippen molar-refractivity contribution in [3.05, 3.63) is 66.0 Å². The Balaban J connectivity index is 2.08. The van der Waals surface area contributed by atoms with Crippen molar-refractivity contribution in [2.45, 2.75) is 12.1 Å². The SMILES string of the molecule is COc1ccc([C@@H]2NC(=O)C(=C=N)C(=O)[C@H]2[n+]2ccccc2)cc1. The van der Waals surface area contributed by atoms with E-state index in [0.717, 1.165) is 5.56 Å². The number of nitrogens with one attached hydrogen (secondary N) is 2. The maximum atomic E-state index is 12.7. The van der Waals surface area contributed by atoms with E-state index in [4.69, 9.17) is 10.1 Å². The highest BCUT2D eigenvalue weighted by atomic mass is 16.5. The monoisotopic (exact) mass is 322 g/mol. The lowest BCUT2D eigenvalue weighted by atomic mass is 9.88. The third kappa shape index (κ3) is 2.71. The van der Waals surface area contributed by atoms with Gasteiger partial charge in [-0.2, -0.15) is 4.57 Å². The van der Waals surface area contributed by atoms with Crippen molar-refractivity contribution in [3.8, 4) is 5.75 Å². The Kier molecular flexibility index (Phi) is 4.22. The number of piperidine rings is 1. The predicted molar refractivity (Wildman–Crippen MR) is 85.8 cm³/mol. The topological polar surface area (TPSA) is 83.1 Å². The number of nitrogens with zero attached hydrogens (tertiary/aromatic N) is 1. The first-order valence-corrected chi connectivity index (χ1v) is 7.40. The molecule has 24 heavy (non-hydrogen) atoms. The number of benzene rings is 1. The number of pyridine rings is 1. The van der Waals surface area contributed by atoms with Gasteiger partial charge in [-0.15, -0.1) is 0 Å². The van der Waals surface area contributed by atoms with Gasteiger partial charge in [0.2, 0.25) is 11.8 Å². The summed E-state index contributed by atoms with van der Waals surface area (Å²) in [6.07, 6.45) is 3.52. The molecule has 1 aromatic carbocycles. The van der Waals surface area contributed by atoms with Crippen molar-refractivity contribution in [1.82, 2.24) is 5.32 Å². The van der Waals surface area contributed by atoms with E-state index >= 15 is 0 Å². The van der Waals surface area contributed by atoms with E-state index in [2.05, 4.69) is 5.32 Å². The number of aromatic nitrogens is 1. The smallest absolute Gasteiger partial charge is 0.265 e. The summed E-state index contributed by atoms with van der Waals surface area (Å²) in [5.74, 6) is 1.65. The third-order valence-corrected chi connectivity index (χ3v) is 4.00. The Morgan fingerprint density at radius 3 is 2.38 bits per heavy atom. The van der Waals surface area contributed by atoms with Crippen LogP contribution in [0.1, 0.15) is 17.6 Å². The lowest BCUT2D eigenvalue weighted by molar-refractivity contribution is -0.712. The van der Waals surface area contributed by atoms with Crippen LogP contribution in [0.3, 0.4) is 0 Å². The Morgan fingerprint density at radius 1 is 1.12 bits per heavy atom. The van der Waals surface area contributed by atoms with Crippen LogP contribution in [0.15, 0.2) is 60.4 Å². The quantitative estimate of drug-likeness (QED) is 0.385. The second-order valence-electron chi connectivity index (χ2n) is 5.36. The minimum Gasteiger partial charge on any atom is -0.497 e. The standard InChI is InChI=1S/C18H15N3O3/c1-24-13-7-5-12(6-8-13)15-16(21-9-3-2-4-10-21)17(22)14(11-19)18(23)20-15/h2-10,15-16,19H,1H3/p+1/t15-,16-/m0/s1. The fraction of sp³-hybridized carbons (Fsp3) is 0.167. The molecule has 1 aliphatic rings. The molecule has 1 fully saturated rings. The predicted octanol–water partition coefficient (Wildman–Crippen LogP) is 1.14. The van der Waals surface area contributed by atoms with E-state index in [1.165, 1.54) is 0 Å². The van der Waals surface area contributed by atoms with Crippen LogP contribution in [0.4, 0.5) is 0 Å². The summed E-state index contributed by atoms with van der Waals surface area (Å²) in [7, 11) is 1.57. The van der Waals surface area contributed by atoms with Crippen LogP contribution in [0.5, 0.6) is 5.75 Å². The summed E-state index contributed by atoms with van der Waals surface area (Å²) < 4.78 is 6.88. The van der Waals surface area contributed by atoms with Crippen LogP contribution < -0.4 is 14.6 Å². The van der Waals surface area contributed by atoms with Crippen molar-refractivity contribution in [1.29, 1.82) is 5.41 Å². The van der Waals surface area contributed by atoms with E-state index in [-0.39, 0.29) is 5.57 Å². The summed E-state index contributed by atoms with van der Waals surface area (Å²) >= 11 is 0. The van der Waals surface area contributed by atoms with Gasteiger partial charge in [-0.3, -0.25) is 15.0 Å². The molecule has 6 nitrogen and oxygen atoms in total. The number of hydrogen-bond donors (Lipinski definition) is 2. The summed E-state index contributed by atoms with van der Waals surface area (Å²) in [6.45, 7) is 0. The second kappa shape index (κ2) is 6.48. The van der Waals surface area contributed by atoms with Gasteiger partial charge < -0.3 is 10.1 Å². The van der Waals surface area contributed by atoms with E-state index in [9.17, 15) is 9.59 Å². The summed E-state index contributed by atoms with van der Waals surface area (Å²) in [6, 6.07) is 11.4. The first-order valence-electron chi connectivity index (χ1n) is 7.40. The van der Waals surface area contributed by atoms with Crippen LogP contribution >= 0.6 is 0 Å². The number of hydrogen-bond acceptors (Lipinski definition) is 4. The fourth-order valence-corrected chi connectivity index (χ4v) is 2.80. The van der Waals surface area contributed by atoms with Crippen LogP contribution in [0.2, 0.25) is 0 Å². The highest BCUT2D eigenvalue weighted by Gasteiger charge is 2.46. The molecule has 0 unspecified atom stereocenters. The number of ketones is 1. The van der Waals surface area contributed by atoms with Gasteiger partial charge in [-0.25, -0.2) is 0 Å². The van der Waals surface area contributed by atoms with Crippen LogP contribution in [0, 0.1) is 5.41 Å². The van der Waals surface area contributed by atoms with Crippen molar-refractivity contribution in [2.24, 2.45) is 0 Å². The second-order valence-corrected chi connectivity index (χ2v) is 5.36. The fourth-order valence-electron chi connectivity index (χ4n) is 2.80. The molecule has 1 saturated heterocycles. The Hall–Kier alpha value is -3.24. The van der Waals surface area contributed by atoms with Gasteiger partial charge in [-0.05, 0) is 23.6 Å². The van der Waals surface area contributed by atoms with Crippen molar-refractivity contribution >= 4 is 17.6 Å². The maximum Gasteiger partial charge on any atom is 0.265 e. The highest BCUT2D eigenvalue weighted by Crippen LogP contribution is 2.30. The van der Waals surface area contributed by atoms with E-state index in [1.807, 2.05) is 36.2 Å². The van der Waals surface area contributed by atoms with E-state index in [1.54, 1.807) is 36.2 Å². The number of carbonyl (C=O) groups excluding carboxylic acids is 2. The molecule has 0 aliphatic carbocycles. The molecule has 1 amide bonds. The molecule has 0 saturated carbocycles. The van der Waals surface area contributed by atoms with Crippen molar-refractivity contribution in [3.63, 3.8) is 0 Å². The number of rotatable bonds is 3. The summed E-state index contributed by atoms with van der Waals surface area (Å²) in [4.78, 5) is 24.9. The number of ether oxygens (including phenoxy) is 1. The van der Waals surface area contributed by atoms with E-state index < -0.39 is 23.8 Å². The molecule has 2 atom stereocenters. The maximum absolute atomic E-state index is 12.7. The third-order valence-electron chi connectivity index (χ3n) is 4.00. The Labute approximate surface area is 138 Å². The molecule has 1 aromatic heterocycles. The molecule has 120 valence electrons. The van der Waals surface area contributed by atoms with Crippen molar-refractivity contribution in [2.75, 3.05) is 7.11 Å². The summed E-state index contributed by atoms with van der Waals surface area (Å²) in [5.41, 5.74) is 0.518. The number of methoxy groups -OCH3 is 1. The number of carbonyl (C=O) groups is 2. The van der Waals surface area contributed by atoms with Crippen LogP contribution in [-0.2, 0) is 9.59 Å². The molecular formula is C18H16N3O3+. The van der Waals surface area contributed by atoms with Crippen LogP contribution in [0.25, 0.3) is 0 Å².